The van der Waals surface area contributed by atoms with Crippen LogP contribution in [0.25, 0.3) is 0 Å². The lowest BCUT2D eigenvalue weighted by Gasteiger charge is -2.32. The topological polar surface area (TPSA) is 79.7 Å². The highest BCUT2D eigenvalue weighted by Crippen LogP contribution is 2.17. The average molecular weight is 281 g/mol. The molecule has 104 valence electrons. The fraction of sp³-hybridized carbons (Fsp3) is 1.00. The Hall–Kier alpha value is 0.234. The van der Waals surface area contributed by atoms with Gasteiger partial charge < -0.3 is 24.4 Å². The van der Waals surface area contributed by atoms with Crippen LogP contribution in [0.3, 0.4) is 0 Å². The van der Waals surface area contributed by atoms with Gasteiger partial charge in [0.05, 0.1) is 0 Å². The van der Waals surface area contributed by atoms with Gasteiger partial charge in [0.15, 0.2) is 0 Å². The van der Waals surface area contributed by atoms with Gasteiger partial charge in [-0.25, -0.2) is 0 Å². The Bertz CT molecular complexity index is 184. The van der Waals surface area contributed by atoms with E-state index in [0.717, 1.165) is 12.8 Å². The lowest BCUT2D eigenvalue weighted by molar-refractivity contribution is 0.194. The zero-order valence-corrected chi connectivity index (χ0v) is 13.6. The number of rotatable bonds is 10. The van der Waals surface area contributed by atoms with Crippen molar-refractivity contribution in [2.75, 3.05) is 26.3 Å². The molecule has 0 aromatic heterocycles. The Morgan fingerprint density at radius 2 is 1.12 bits per heavy atom. The minimum Gasteiger partial charge on any atom is -0.415 e. The second kappa shape index (κ2) is 8.36. The lowest BCUT2D eigenvalue weighted by Crippen LogP contribution is -2.48. The highest BCUT2D eigenvalue weighted by molar-refractivity contribution is 6.78. The van der Waals surface area contributed by atoms with Crippen LogP contribution in [-0.2, 0) is 13.0 Å². The molecule has 0 radical (unpaired) electrons. The molecule has 7 heteroatoms. The second-order valence-electron chi connectivity index (χ2n) is 4.88. The molecule has 0 unspecified atom stereocenters. The molecule has 0 bridgehead atoms. The van der Waals surface area contributed by atoms with Crippen molar-refractivity contribution in [1.29, 1.82) is 0 Å². The third kappa shape index (κ3) is 9.89. The summed E-state index contributed by atoms with van der Waals surface area (Å²) in [7, 11) is -4.17. The highest BCUT2D eigenvalue weighted by Gasteiger charge is 2.36. The molecule has 0 saturated carbocycles. The zero-order chi connectivity index (χ0) is 13.4. The van der Waals surface area contributed by atoms with Crippen molar-refractivity contribution in [2.24, 2.45) is 11.5 Å². The van der Waals surface area contributed by atoms with Gasteiger partial charge in [0.1, 0.15) is 0 Å². The fourth-order valence-electron chi connectivity index (χ4n) is 1.45. The Morgan fingerprint density at radius 1 is 0.765 bits per heavy atom. The number of hydrogen-bond acceptors (Lipinski definition) is 5. The zero-order valence-electron chi connectivity index (χ0n) is 11.6. The van der Waals surface area contributed by atoms with E-state index >= 15 is 0 Å². The number of nitrogens with two attached hydrogens (primary N) is 2. The molecule has 0 aliphatic rings. The van der Waals surface area contributed by atoms with Crippen LogP contribution in [0.15, 0.2) is 0 Å². The fourth-order valence-corrected chi connectivity index (χ4v) is 7.93. The van der Waals surface area contributed by atoms with Crippen LogP contribution < -0.4 is 11.5 Å². The van der Waals surface area contributed by atoms with Crippen LogP contribution in [0.4, 0.5) is 0 Å². The molecule has 0 atom stereocenters. The van der Waals surface area contributed by atoms with Crippen molar-refractivity contribution in [1.82, 2.24) is 0 Å². The van der Waals surface area contributed by atoms with Gasteiger partial charge in [0, 0.05) is 13.2 Å². The minimum absolute atomic E-state index is 0.651. The van der Waals surface area contributed by atoms with Gasteiger partial charge in [-0.15, -0.1) is 0 Å². The summed E-state index contributed by atoms with van der Waals surface area (Å²) in [6.45, 7) is 10.8. The maximum absolute atomic E-state index is 6.07. The smallest absolute Gasteiger partial charge is 0.322 e. The van der Waals surface area contributed by atoms with Gasteiger partial charge in [-0.05, 0) is 52.1 Å². The summed E-state index contributed by atoms with van der Waals surface area (Å²) in [5.41, 5.74) is 10.9. The third-order valence-electron chi connectivity index (χ3n) is 2.09. The predicted molar refractivity (Wildman–Crippen MR) is 75.3 cm³/mol. The van der Waals surface area contributed by atoms with E-state index in [-0.39, 0.29) is 0 Å². The van der Waals surface area contributed by atoms with Gasteiger partial charge in [-0.3, -0.25) is 0 Å². The predicted octanol–water partition coefficient (Wildman–Crippen LogP) is 1.14. The quantitative estimate of drug-likeness (QED) is 0.463. The van der Waals surface area contributed by atoms with Crippen LogP contribution in [-0.4, -0.2) is 43.4 Å². The monoisotopic (exact) mass is 280 g/mol. The molecule has 0 aliphatic carbocycles. The van der Waals surface area contributed by atoms with Gasteiger partial charge in [-0.2, -0.15) is 0 Å². The van der Waals surface area contributed by atoms with Crippen molar-refractivity contribution < 1.29 is 13.0 Å². The van der Waals surface area contributed by atoms with Crippen LogP contribution in [0.2, 0.25) is 26.2 Å². The largest absolute Gasteiger partial charge is 0.415 e. The third-order valence-corrected chi connectivity index (χ3v) is 7.82. The summed E-state index contributed by atoms with van der Waals surface area (Å²) < 4.78 is 17.6. The molecule has 0 saturated heterocycles. The standard InChI is InChI=1S/C10H28N2O3Si2/c1-16(2,13-9-5-7-11)15-17(3,4)14-10-6-8-12/h5-12H2,1-4H3. The van der Waals surface area contributed by atoms with E-state index < -0.39 is 17.1 Å². The van der Waals surface area contributed by atoms with Crippen LogP contribution >= 0.6 is 0 Å². The van der Waals surface area contributed by atoms with Gasteiger partial charge >= 0.3 is 17.1 Å². The molecule has 0 heterocycles. The highest BCUT2D eigenvalue weighted by atomic mass is 28.5. The van der Waals surface area contributed by atoms with Crippen molar-refractivity contribution in [3.63, 3.8) is 0 Å². The van der Waals surface area contributed by atoms with Gasteiger partial charge in [-0.1, -0.05) is 0 Å². The number of hydrogen-bond donors (Lipinski definition) is 2. The van der Waals surface area contributed by atoms with E-state index in [4.69, 9.17) is 24.4 Å². The average Bonchev–Trinajstić information content (AvgIpc) is 2.16. The van der Waals surface area contributed by atoms with Crippen molar-refractivity contribution >= 4 is 17.1 Å². The maximum atomic E-state index is 6.07. The summed E-state index contributed by atoms with van der Waals surface area (Å²) >= 11 is 0. The molecular formula is C10H28N2O3Si2. The molecule has 0 spiro atoms. The van der Waals surface area contributed by atoms with Crippen molar-refractivity contribution in [2.45, 2.75) is 39.0 Å². The summed E-state index contributed by atoms with van der Waals surface area (Å²) in [4.78, 5) is 0. The van der Waals surface area contributed by atoms with Gasteiger partial charge in [0.25, 0.3) is 0 Å². The molecule has 0 rings (SSSR count). The van der Waals surface area contributed by atoms with Crippen LogP contribution in [0, 0.1) is 0 Å². The molecule has 0 aromatic rings. The Kier molecular flexibility index (Phi) is 8.47. The molecular weight excluding hydrogens is 252 g/mol. The Morgan fingerprint density at radius 3 is 1.41 bits per heavy atom. The molecule has 17 heavy (non-hydrogen) atoms. The maximum Gasteiger partial charge on any atom is 0.322 e. The van der Waals surface area contributed by atoms with Gasteiger partial charge in [0.2, 0.25) is 0 Å². The summed E-state index contributed by atoms with van der Waals surface area (Å²) in [5.74, 6) is 0. The van der Waals surface area contributed by atoms with Crippen molar-refractivity contribution in [3.05, 3.63) is 0 Å². The molecule has 0 aromatic carbocycles. The van der Waals surface area contributed by atoms with E-state index in [9.17, 15) is 0 Å². The lowest BCUT2D eigenvalue weighted by atomic mass is 10.5. The molecule has 0 aliphatic heterocycles. The first-order chi connectivity index (χ1) is 7.83. The van der Waals surface area contributed by atoms with E-state index in [0.29, 0.717) is 26.3 Å². The van der Waals surface area contributed by atoms with E-state index in [1.165, 1.54) is 0 Å². The molecule has 5 nitrogen and oxygen atoms in total. The normalized spacial score (nSPS) is 13.1. The summed E-state index contributed by atoms with van der Waals surface area (Å²) in [6, 6.07) is 0. The van der Waals surface area contributed by atoms with E-state index in [1.54, 1.807) is 0 Å². The van der Waals surface area contributed by atoms with Crippen LogP contribution in [0.1, 0.15) is 12.8 Å². The first-order valence-electron chi connectivity index (χ1n) is 6.21. The second-order valence-corrected chi connectivity index (χ2v) is 11.9. The van der Waals surface area contributed by atoms with Crippen molar-refractivity contribution in [3.8, 4) is 0 Å². The Balaban J connectivity index is 3.99. The molecule has 0 fully saturated rings. The minimum atomic E-state index is -2.09. The van der Waals surface area contributed by atoms with E-state index in [2.05, 4.69) is 0 Å². The Labute approximate surface area is 107 Å². The first-order valence-corrected chi connectivity index (χ1v) is 11.8. The summed E-state index contributed by atoms with van der Waals surface area (Å²) in [6.07, 6.45) is 1.74. The van der Waals surface area contributed by atoms with Crippen LogP contribution in [0.5, 0.6) is 0 Å². The van der Waals surface area contributed by atoms with E-state index in [1.807, 2.05) is 26.2 Å². The SMILES string of the molecule is C[Si](C)(OCCCN)O[Si](C)(C)OCCCN. The molecule has 4 N–H and O–H groups in total. The molecule has 0 amide bonds. The summed E-state index contributed by atoms with van der Waals surface area (Å²) in [5, 5.41) is 0. The first kappa shape index (κ1) is 17.2.